The Hall–Kier alpha value is -3.98. The Morgan fingerprint density at radius 1 is 0.738 bits per heavy atom. The van der Waals surface area contributed by atoms with Gasteiger partial charge in [-0.1, -0.05) is 38.1 Å². The lowest BCUT2D eigenvalue weighted by molar-refractivity contribution is -0.154. The number of hydrogen-bond donors (Lipinski definition) is 3. The Morgan fingerprint density at radius 2 is 1.30 bits per heavy atom. The number of nitrogens with zero attached hydrogens (tertiary/aromatic N) is 3. The summed E-state index contributed by atoms with van der Waals surface area (Å²) in [5.74, 6) is -1.92. The minimum Gasteiger partial charge on any atom is -0.460 e. The quantitative estimate of drug-likeness (QED) is 0.0683. The molecule has 346 valence electrons. The maximum atomic E-state index is 13.2. The van der Waals surface area contributed by atoms with Crippen LogP contribution in [-0.2, 0) is 70.9 Å². The normalized spacial score (nSPS) is 12.0. The minimum atomic E-state index is -0.713. The van der Waals surface area contributed by atoms with Gasteiger partial charge in [0.25, 0.3) is 0 Å². The van der Waals surface area contributed by atoms with E-state index in [1.54, 1.807) is 49.7 Å². The summed E-state index contributed by atoms with van der Waals surface area (Å²) in [6.45, 7) is 16.4. The summed E-state index contributed by atoms with van der Waals surface area (Å²) >= 11 is 0. The number of anilines is 1. The third-order valence-electron chi connectivity index (χ3n) is 8.61. The molecule has 1 heterocycles. The smallest absolute Gasteiger partial charge is 0.312 e. The number of ketones is 2. The number of hydrogen-bond acceptors (Lipinski definition) is 14. The molecule has 0 bridgehead atoms. The van der Waals surface area contributed by atoms with Gasteiger partial charge in [-0.15, -0.1) is 5.10 Å². The highest BCUT2D eigenvalue weighted by molar-refractivity contribution is 7.59. The van der Waals surface area contributed by atoms with Crippen LogP contribution in [0.3, 0.4) is 0 Å². The number of amides is 3. The monoisotopic (exact) mass is 882 g/mol. The van der Waals surface area contributed by atoms with Crippen LogP contribution in [-0.4, -0.2) is 130 Å². The van der Waals surface area contributed by atoms with E-state index in [1.807, 2.05) is 6.20 Å². The highest BCUT2D eigenvalue weighted by Crippen LogP contribution is 2.20. The molecule has 2 aromatic rings. The van der Waals surface area contributed by atoms with Gasteiger partial charge >= 0.3 is 12.0 Å². The van der Waals surface area contributed by atoms with Crippen LogP contribution in [0.25, 0.3) is 0 Å². The van der Waals surface area contributed by atoms with Crippen molar-refractivity contribution in [2.24, 2.45) is 17.1 Å². The fraction of sp³-hybridized carbons (Fsp3) is 0.690. The molecular formula is C42H70N6O12S. The maximum Gasteiger partial charge on any atom is 0.312 e. The summed E-state index contributed by atoms with van der Waals surface area (Å²) in [5, 5.41) is 13.6. The molecule has 0 saturated carbocycles. The number of nitrogens with two attached hydrogens (primary N) is 1. The summed E-state index contributed by atoms with van der Waals surface area (Å²) in [5.41, 5.74) is 6.69. The van der Waals surface area contributed by atoms with Gasteiger partial charge in [0.1, 0.15) is 19.8 Å². The van der Waals surface area contributed by atoms with Crippen LogP contribution in [0.5, 0.6) is 0 Å². The first-order valence-electron chi connectivity index (χ1n) is 20.6. The summed E-state index contributed by atoms with van der Waals surface area (Å²) in [6, 6.07) is 6.15. The van der Waals surface area contributed by atoms with Crippen LogP contribution < -0.4 is 16.4 Å². The van der Waals surface area contributed by atoms with Crippen LogP contribution in [0, 0.1) is 11.3 Å². The molecule has 4 N–H and O–H groups in total. The van der Waals surface area contributed by atoms with E-state index in [1.165, 1.54) is 0 Å². The van der Waals surface area contributed by atoms with E-state index in [9.17, 15) is 24.0 Å². The van der Waals surface area contributed by atoms with Crippen molar-refractivity contribution >= 4 is 48.7 Å². The zero-order valence-electron chi connectivity index (χ0n) is 36.9. The average Bonchev–Trinajstić information content (AvgIpc) is 3.68. The summed E-state index contributed by atoms with van der Waals surface area (Å²) < 4.78 is 40.1. The Labute approximate surface area is 367 Å². The average molecular weight is 883 g/mol. The van der Waals surface area contributed by atoms with Gasteiger partial charge < -0.3 is 49.5 Å². The number of carbonyl (C=O) groups excluding carboxylic acids is 5. The van der Waals surface area contributed by atoms with Gasteiger partial charge in [-0.05, 0) is 57.7 Å². The SMILES string of the molecule is CC(C)(C)C(=O)OCc1ccc(NC(=O)[C@H](CCCNC(N)=O)CC(=O)COCC(=O)CCCOCCOCCOCCOCCOCCn2cc(C(C)(C)C)nn2)cc1.S. The zero-order valence-corrected chi connectivity index (χ0v) is 37.9. The van der Waals surface area contributed by atoms with Gasteiger partial charge in [0.15, 0.2) is 11.6 Å². The molecule has 0 spiro atoms. The highest BCUT2D eigenvalue weighted by atomic mass is 32.1. The van der Waals surface area contributed by atoms with Crippen LogP contribution in [0.4, 0.5) is 10.5 Å². The molecule has 1 aromatic heterocycles. The number of urea groups is 1. The fourth-order valence-corrected chi connectivity index (χ4v) is 5.13. The number of benzene rings is 1. The third kappa shape index (κ3) is 26.9. The Kier molecular flexibility index (Phi) is 27.9. The van der Waals surface area contributed by atoms with Gasteiger partial charge in [0.05, 0.1) is 77.1 Å². The van der Waals surface area contributed by atoms with Crippen LogP contribution >= 0.6 is 13.5 Å². The lowest BCUT2D eigenvalue weighted by atomic mass is 9.93. The van der Waals surface area contributed by atoms with Crippen LogP contribution in [0.2, 0.25) is 0 Å². The van der Waals surface area contributed by atoms with Crippen LogP contribution in [0.15, 0.2) is 30.5 Å². The second-order valence-corrected chi connectivity index (χ2v) is 16.2. The van der Waals surface area contributed by atoms with E-state index < -0.39 is 17.4 Å². The molecule has 19 heteroatoms. The Balaban J connectivity index is 0.0000186. The van der Waals surface area contributed by atoms with Crippen molar-refractivity contribution in [3.63, 3.8) is 0 Å². The van der Waals surface area contributed by atoms with E-state index in [-0.39, 0.29) is 81.6 Å². The van der Waals surface area contributed by atoms with Gasteiger partial charge in [0.2, 0.25) is 5.91 Å². The molecule has 0 radical (unpaired) electrons. The standard InChI is InChI=1S/C42H68N6O12.H2S/c1-41(2,3)37-28-48(47-46-37)16-18-55-20-22-57-24-26-58-25-23-56-21-19-54-17-8-10-35(49)30-59-31-36(50)27-33(9-7-15-44-40(43)53)38(51)45-34-13-11-32(12-14-34)29-60-39(52)42(4,5)6;/h11-14,28,33H,7-10,15-27,29-31H2,1-6H3,(H,45,51)(H3,43,44,53);1H2/t33-;/m1./s1. The molecule has 61 heavy (non-hydrogen) atoms. The number of nitrogens with one attached hydrogen (secondary N) is 2. The molecule has 0 fully saturated rings. The van der Waals surface area contributed by atoms with Crippen molar-refractivity contribution in [3.05, 3.63) is 41.7 Å². The van der Waals surface area contributed by atoms with Crippen molar-refractivity contribution in [2.45, 2.75) is 92.2 Å². The molecule has 1 aromatic carbocycles. The van der Waals surface area contributed by atoms with Gasteiger partial charge in [-0.2, -0.15) is 13.5 Å². The van der Waals surface area contributed by atoms with Gasteiger partial charge in [-0.25, -0.2) is 9.48 Å². The van der Waals surface area contributed by atoms with Crippen molar-refractivity contribution in [1.82, 2.24) is 20.3 Å². The lowest BCUT2D eigenvalue weighted by Crippen LogP contribution is -2.31. The fourth-order valence-electron chi connectivity index (χ4n) is 5.13. The third-order valence-corrected chi connectivity index (χ3v) is 8.61. The summed E-state index contributed by atoms with van der Waals surface area (Å²) in [6.07, 6.45) is 3.27. The van der Waals surface area contributed by atoms with Crippen LogP contribution in [0.1, 0.15) is 84.9 Å². The highest BCUT2D eigenvalue weighted by Gasteiger charge is 2.24. The number of aromatic nitrogens is 3. The number of rotatable bonds is 33. The minimum absolute atomic E-state index is 0. The number of esters is 1. The molecule has 3 amide bonds. The molecule has 0 aliphatic carbocycles. The van der Waals surface area contributed by atoms with Crippen molar-refractivity contribution in [1.29, 1.82) is 0 Å². The first kappa shape index (κ1) is 55.0. The second-order valence-electron chi connectivity index (χ2n) is 16.2. The Bertz CT molecular complexity index is 1560. The molecule has 2 rings (SSSR count). The summed E-state index contributed by atoms with van der Waals surface area (Å²) in [4.78, 5) is 61.3. The number of Topliss-reactive ketones (excluding diaryl/α,β-unsaturated/α-hetero) is 2. The Morgan fingerprint density at radius 3 is 1.84 bits per heavy atom. The first-order chi connectivity index (χ1) is 28.5. The van der Waals surface area contributed by atoms with E-state index in [0.29, 0.717) is 97.6 Å². The lowest BCUT2D eigenvalue weighted by Gasteiger charge is -2.17. The second kappa shape index (κ2) is 31.0. The van der Waals surface area contributed by atoms with Crippen molar-refractivity contribution in [2.75, 3.05) is 91.1 Å². The molecular weight excluding hydrogens is 813 g/mol. The van der Waals surface area contributed by atoms with E-state index in [0.717, 1.165) is 11.3 Å². The van der Waals surface area contributed by atoms with Gasteiger partial charge in [0, 0.05) is 49.2 Å². The maximum absolute atomic E-state index is 13.2. The first-order valence-corrected chi connectivity index (χ1v) is 20.6. The predicted octanol–water partition coefficient (Wildman–Crippen LogP) is 3.89. The molecule has 0 unspecified atom stereocenters. The molecule has 0 saturated heterocycles. The molecule has 1 atom stereocenters. The molecule has 0 aliphatic rings. The largest absolute Gasteiger partial charge is 0.460 e. The van der Waals surface area contributed by atoms with E-state index in [4.69, 9.17) is 38.9 Å². The van der Waals surface area contributed by atoms with E-state index in [2.05, 4.69) is 41.7 Å². The topological polar surface area (TPSA) is 231 Å². The summed E-state index contributed by atoms with van der Waals surface area (Å²) in [7, 11) is 0. The number of carbonyl (C=O) groups is 5. The molecule has 18 nitrogen and oxygen atoms in total. The predicted molar refractivity (Wildman–Crippen MR) is 233 cm³/mol. The number of ether oxygens (including phenoxy) is 7. The number of primary amides is 1. The zero-order chi connectivity index (χ0) is 44.2. The van der Waals surface area contributed by atoms with E-state index >= 15 is 0 Å². The van der Waals surface area contributed by atoms with Crippen molar-refractivity contribution in [3.8, 4) is 0 Å². The van der Waals surface area contributed by atoms with Crippen molar-refractivity contribution < 1.29 is 57.1 Å². The molecule has 0 aliphatic heterocycles. The van der Waals surface area contributed by atoms with Gasteiger partial charge in [-0.3, -0.25) is 19.2 Å².